The highest BCUT2D eigenvalue weighted by atomic mass is 16.5. The van der Waals surface area contributed by atoms with E-state index in [0.29, 0.717) is 13.2 Å². The summed E-state index contributed by atoms with van der Waals surface area (Å²) in [7, 11) is 0. The number of nitrogens with zero attached hydrogens (tertiary/aromatic N) is 2. The Kier molecular flexibility index (Phi) is 4.25. The van der Waals surface area contributed by atoms with Crippen molar-refractivity contribution in [3.05, 3.63) is 42.2 Å². The van der Waals surface area contributed by atoms with Gasteiger partial charge in [0, 0.05) is 18.3 Å². The predicted molar refractivity (Wildman–Crippen MR) is 71.1 cm³/mol. The summed E-state index contributed by atoms with van der Waals surface area (Å²) < 4.78 is 5.61. The summed E-state index contributed by atoms with van der Waals surface area (Å²) in [5, 5.41) is 0. The minimum atomic E-state index is 0.432. The fourth-order valence-electron chi connectivity index (χ4n) is 1.64. The summed E-state index contributed by atoms with van der Waals surface area (Å²) in [6.45, 7) is 3.18. The Morgan fingerprint density at radius 3 is 2.78 bits per heavy atom. The van der Waals surface area contributed by atoms with Crippen LogP contribution in [-0.2, 0) is 6.54 Å². The van der Waals surface area contributed by atoms with Crippen LogP contribution >= 0.6 is 0 Å². The quantitative estimate of drug-likeness (QED) is 0.876. The van der Waals surface area contributed by atoms with Gasteiger partial charge >= 0.3 is 0 Å². The first-order chi connectivity index (χ1) is 8.85. The predicted octanol–water partition coefficient (Wildman–Crippen LogP) is 2.39. The van der Waals surface area contributed by atoms with Gasteiger partial charge in [0.15, 0.2) is 0 Å². The SMILES string of the molecule is CCCOc1cnc(-c2ccccn2)cc1CN. The summed E-state index contributed by atoms with van der Waals surface area (Å²) in [6, 6.07) is 7.68. The Morgan fingerprint density at radius 1 is 1.22 bits per heavy atom. The molecule has 0 aliphatic heterocycles. The van der Waals surface area contributed by atoms with Crippen LogP contribution in [0.25, 0.3) is 11.4 Å². The zero-order valence-corrected chi connectivity index (χ0v) is 10.5. The molecule has 0 spiro atoms. The molecule has 2 N–H and O–H groups in total. The summed E-state index contributed by atoms with van der Waals surface area (Å²) in [5.41, 5.74) is 8.36. The first-order valence-electron chi connectivity index (χ1n) is 6.08. The Bertz CT molecular complexity index is 500. The van der Waals surface area contributed by atoms with E-state index in [0.717, 1.165) is 29.1 Å². The Morgan fingerprint density at radius 2 is 2.11 bits per heavy atom. The number of aromatic nitrogens is 2. The first-order valence-corrected chi connectivity index (χ1v) is 6.08. The van der Waals surface area contributed by atoms with Crippen LogP contribution in [0.4, 0.5) is 0 Å². The van der Waals surface area contributed by atoms with Crippen molar-refractivity contribution in [1.82, 2.24) is 9.97 Å². The van der Waals surface area contributed by atoms with Gasteiger partial charge in [0.25, 0.3) is 0 Å². The maximum Gasteiger partial charge on any atom is 0.142 e. The van der Waals surface area contributed by atoms with E-state index in [1.54, 1.807) is 12.4 Å². The van der Waals surface area contributed by atoms with E-state index >= 15 is 0 Å². The van der Waals surface area contributed by atoms with E-state index in [1.165, 1.54) is 0 Å². The van der Waals surface area contributed by atoms with Gasteiger partial charge in [-0.25, -0.2) is 0 Å². The highest BCUT2D eigenvalue weighted by Crippen LogP contribution is 2.22. The molecule has 0 saturated heterocycles. The van der Waals surface area contributed by atoms with E-state index in [-0.39, 0.29) is 0 Å². The lowest BCUT2D eigenvalue weighted by Crippen LogP contribution is -2.04. The van der Waals surface area contributed by atoms with E-state index in [2.05, 4.69) is 16.9 Å². The van der Waals surface area contributed by atoms with E-state index in [4.69, 9.17) is 10.5 Å². The molecular formula is C14H17N3O. The molecule has 2 heterocycles. The van der Waals surface area contributed by atoms with Crippen LogP contribution in [0.3, 0.4) is 0 Å². The molecule has 18 heavy (non-hydrogen) atoms. The molecular weight excluding hydrogens is 226 g/mol. The third-order valence-electron chi connectivity index (χ3n) is 2.56. The molecule has 0 aliphatic carbocycles. The summed E-state index contributed by atoms with van der Waals surface area (Å²) in [5.74, 6) is 0.763. The molecule has 4 heteroatoms. The number of nitrogens with two attached hydrogens (primary N) is 1. The average molecular weight is 243 g/mol. The molecule has 94 valence electrons. The van der Waals surface area contributed by atoms with E-state index < -0.39 is 0 Å². The Balaban J connectivity index is 2.30. The smallest absolute Gasteiger partial charge is 0.142 e. The second-order valence-corrected chi connectivity index (χ2v) is 3.94. The molecule has 4 nitrogen and oxygen atoms in total. The third kappa shape index (κ3) is 2.84. The third-order valence-corrected chi connectivity index (χ3v) is 2.56. The lowest BCUT2D eigenvalue weighted by atomic mass is 10.1. The fraction of sp³-hybridized carbons (Fsp3) is 0.286. The number of hydrogen-bond acceptors (Lipinski definition) is 4. The number of pyridine rings is 2. The number of hydrogen-bond donors (Lipinski definition) is 1. The molecule has 2 aromatic heterocycles. The molecule has 2 aromatic rings. The zero-order chi connectivity index (χ0) is 12.8. The van der Waals surface area contributed by atoms with Crippen molar-refractivity contribution < 1.29 is 4.74 Å². The maximum absolute atomic E-state index is 5.74. The Hall–Kier alpha value is -1.94. The van der Waals surface area contributed by atoms with Gasteiger partial charge in [-0.15, -0.1) is 0 Å². The highest BCUT2D eigenvalue weighted by molar-refractivity contribution is 5.56. The molecule has 0 fully saturated rings. The van der Waals surface area contributed by atoms with Gasteiger partial charge in [-0.3, -0.25) is 9.97 Å². The topological polar surface area (TPSA) is 61.0 Å². The van der Waals surface area contributed by atoms with Gasteiger partial charge in [-0.1, -0.05) is 13.0 Å². The molecule has 0 aromatic carbocycles. The van der Waals surface area contributed by atoms with Crippen LogP contribution in [0.15, 0.2) is 36.7 Å². The minimum Gasteiger partial charge on any atom is -0.492 e. The van der Waals surface area contributed by atoms with Gasteiger partial charge in [0.2, 0.25) is 0 Å². The molecule has 0 saturated carbocycles. The van der Waals surface area contributed by atoms with Crippen LogP contribution in [0.5, 0.6) is 5.75 Å². The van der Waals surface area contributed by atoms with Crippen molar-refractivity contribution in [3.63, 3.8) is 0 Å². The van der Waals surface area contributed by atoms with Crippen LogP contribution in [0.2, 0.25) is 0 Å². The maximum atomic E-state index is 5.74. The monoisotopic (exact) mass is 243 g/mol. The molecule has 2 rings (SSSR count). The second-order valence-electron chi connectivity index (χ2n) is 3.94. The standard InChI is InChI=1S/C14H17N3O/c1-2-7-18-14-10-17-13(8-11(14)9-15)12-5-3-4-6-16-12/h3-6,8,10H,2,7,9,15H2,1H3. The van der Waals surface area contributed by atoms with Crippen LogP contribution < -0.4 is 10.5 Å². The summed E-state index contributed by atoms with van der Waals surface area (Å²) in [4.78, 5) is 8.64. The molecule has 0 bridgehead atoms. The molecule has 0 radical (unpaired) electrons. The molecule has 0 aliphatic rings. The zero-order valence-electron chi connectivity index (χ0n) is 10.5. The highest BCUT2D eigenvalue weighted by Gasteiger charge is 2.07. The number of ether oxygens (including phenoxy) is 1. The van der Waals surface area contributed by atoms with E-state index in [1.807, 2.05) is 24.3 Å². The lowest BCUT2D eigenvalue weighted by molar-refractivity contribution is 0.313. The van der Waals surface area contributed by atoms with Gasteiger partial charge in [0.05, 0.1) is 24.2 Å². The van der Waals surface area contributed by atoms with Gasteiger partial charge in [0.1, 0.15) is 5.75 Å². The van der Waals surface area contributed by atoms with Gasteiger partial charge in [-0.2, -0.15) is 0 Å². The largest absolute Gasteiger partial charge is 0.492 e. The number of rotatable bonds is 5. The van der Waals surface area contributed by atoms with Crippen molar-refractivity contribution in [2.45, 2.75) is 19.9 Å². The van der Waals surface area contributed by atoms with Gasteiger partial charge in [-0.05, 0) is 24.6 Å². The molecule has 0 unspecified atom stereocenters. The van der Waals surface area contributed by atoms with Crippen LogP contribution in [0, 0.1) is 0 Å². The van der Waals surface area contributed by atoms with Gasteiger partial charge < -0.3 is 10.5 Å². The first kappa shape index (κ1) is 12.5. The second kappa shape index (κ2) is 6.12. The van der Waals surface area contributed by atoms with Crippen molar-refractivity contribution in [2.24, 2.45) is 5.73 Å². The van der Waals surface area contributed by atoms with Crippen molar-refractivity contribution >= 4 is 0 Å². The van der Waals surface area contributed by atoms with Crippen LogP contribution in [0.1, 0.15) is 18.9 Å². The fourth-order valence-corrected chi connectivity index (χ4v) is 1.64. The minimum absolute atomic E-state index is 0.432. The summed E-state index contributed by atoms with van der Waals surface area (Å²) >= 11 is 0. The van der Waals surface area contributed by atoms with Crippen LogP contribution in [-0.4, -0.2) is 16.6 Å². The summed E-state index contributed by atoms with van der Waals surface area (Å²) in [6.07, 6.45) is 4.44. The van der Waals surface area contributed by atoms with Crippen molar-refractivity contribution in [3.8, 4) is 17.1 Å². The average Bonchev–Trinajstić information content (AvgIpc) is 2.46. The lowest BCUT2D eigenvalue weighted by Gasteiger charge is -2.10. The molecule has 0 amide bonds. The normalized spacial score (nSPS) is 10.3. The molecule has 0 atom stereocenters. The van der Waals surface area contributed by atoms with E-state index in [9.17, 15) is 0 Å². The Labute approximate surface area is 107 Å². The van der Waals surface area contributed by atoms with Crippen molar-refractivity contribution in [1.29, 1.82) is 0 Å². The van der Waals surface area contributed by atoms with Crippen molar-refractivity contribution in [2.75, 3.05) is 6.61 Å².